The van der Waals surface area contributed by atoms with Crippen molar-refractivity contribution in [2.45, 2.75) is 70.0 Å². The predicted molar refractivity (Wildman–Crippen MR) is 121 cm³/mol. The standard InChI is InChI=1S/C26H36N2O2/c1-18(2)19-5-9-22(10-6-19)26(30,25(3)16-28(4)17-25)23-13-21(14-27-15-23)20-7-11-24(29)12-8-20/h5-6,9-10,13-15,18,20,24,29-30H,7-8,11-12,16-17H2,1-4H3/t20?,24?,26-/m0/s1. The van der Waals surface area contributed by atoms with E-state index in [1.54, 1.807) is 0 Å². The summed E-state index contributed by atoms with van der Waals surface area (Å²) in [6, 6.07) is 10.7. The first-order valence-electron chi connectivity index (χ1n) is 11.4. The van der Waals surface area contributed by atoms with E-state index in [2.05, 4.69) is 68.0 Å². The molecule has 1 aliphatic heterocycles. The van der Waals surface area contributed by atoms with Crippen molar-refractivity contribution in [2.24, 2.45) is 5.41 Å². The Bertz CT molecular complexity index is 865. The highest BCUT2D eigenvalue weighted by atomic mass is 16.3. The lowest BCUT2D eigenvalue weighted by atomic mass is 9.62. The lowest BCUT2D eigenvalue weighted by Crippen LogP contribution is -2.63. The molecule has 0 amide bonds. The molecule has 0 bridgehead atoms. The summed E-state index contributed by atoms with van der Waals surface area (Å²) < 4.78 is 0. The smallest absolute Gasteiger partial charge is 0.124 e. The van der Waals surface area contributed by atoms with Gasteiger partial charge in [0.15, 0.2) is 0 Å². The summed E-state index contributed by atoms with van der Waals surface area (Å²) in [5.41, 5.74) is 2.94. The third-order valence-electron chi connectivity index (χ3n) is 7.45. The van der Waals surface area contributed by atoms with Crippen LogP contribution >= 0.6 is 0 Å². The molecule has 30 heavy (non-hydrogen) atoms. The van der Waals surface area contributed by atoms with Gasteiger partial charge in [-0.3, -0.25) is 4.98 Å². The molecular weight excluding hydrogens is 372 g/mol. The van der Waals surface area contributed by atoms with Crippen LogP contribution in [0.3, 0.4) is 0 Å². The molecule has 1 aromatic heterocycles. The van der Waals surface area contributed by atoms with Crippen molar-refractivity contribution in [1.29, 1.82) is 0 Å². The van der Waals surface area contributed by atoms with E-state index in [0.717, 1.165) is 49.9 Å². The molecule has 1 atom stereocenters. The summed E-state index contributed by atoms with van der Waals surface area (Å²) in [6.07, 6.45) is 7.28. The zero-order chi connectivity index (χ0) is 21.5. The predicted octanol–water partition coefficient (Wildman–Crippen LogP) is 4.41. The maximum absolute atomic E-state index is 12.3. The molecule has 1 saturated heterocycles. The van der Waals surface area contributed by atoms with Gasteiger partial charge in [0, 0.05) is 36.5 Å². The topological polar surface area (TPSA) is 56.6 Å². The first kappa shape index (κ1) is 21.5. The number of hydrogen-bond donors (Lipinski definition) is 2. The Morgan fingerprint density at radius 2 is 1.67 bits per heavy atom. The molecule has 0 radical (unpaired) electrons. The maximum atomic E-state index is 12.3. The Hall–Kier alpha value is -1.75. The second-order valence-electron chi connectivity index (χ2n) is 10.2. The molecular formula is C26H36N2O2. The van der Waals surface area contributed by atoms with Gasteiger partial charge < -0.3 is 15.1 Å². The van der Waals surface area contributed by atoms with E-state index in [1.807, 2.05) is 12.4 Å². The van der Waals surface area contributed by atoms with Gasteiger partial charge in [0.05, 0.1) is 6.10 Å². The van der Waals surface area contributed by atoms with Gasteiger partial charge in [0.1, 0.15) is 5.60 Å². The molecule has 2 N–H and O–H groups in total. The average Bonchev–Trinajstić information content (AvgIpc) is 2.72. The van der Waals surface area contributed by atoms with Crippen molar-refractivity contribution >= 4 is 0 Å². The number of aliphatic hydroxyl groups excluding tert-OH is 1. The Labute approximate surface area is 181 Å². The van der Waals surface area contributed by atoms with Crippen LogP contribution < -0.4 is 0 Å². The number of likely N-dealkylation sites (tertiary alicyclic amines) is 1. The first-order chi connectivity index (χ1) is 14.2. The molecule has 2 aromatic rings. The maximum Gasteiger partial charge on any atom is 0.124 e. The van der Waals surface area contributed by atoms with Crippen molar-refractivity contribution in [3.05, 3.63) is 65.0 Å². The Morgan fingerprint density at radius 1 is 1.03 bits per heavy atom. The molecule has 1 saturated carbocycles. The van der Waals surface area contributed by atoms with Crippen LogP contribution in [-0.4, -0.2) is 46.3 Å². The van der Waals surface area contributed by atoms with E-state index < -0.39 is 5.60 Å². The summed E-state index contributed by atoms with van der Waals surface area (Å²) in [5.74, 6) is 0.870. The van der Waals surface area contributed by atoms with E-state index >= 15 is 0 Å². The number of aliphatic hydroxyl groups is 2. The normalized spacial score (nSPS) is 26.2. The SMILES string of the molecule is CC(C)c1ccc([C@](O)(c2cncc(C3CCC(O)CC3)c2)C2(C)CN(C)C2)cc1. The quantitative estimate of drug-likeness (QED) is 0.769. The van der Waals surface area contributed by atoms with Gasteiger partial charge in [-0.2, -0.15) is 0 Å². The highest BCUT2D eigenvalue weighted by molar-refractivity contribution is 5.42. The zero-order valence-corrected chi connectivity index (χ0v) is 18.8. The van der Waals surface area contributed by atoms with Crippen molar-refractivity contribution in [1.82, 2.24) is 9.88 Å². The lowest BCUT2D eigenvalue weighted by molar-refractivity contribution is -0.127. The fraction of sp³-hybridized carbons (Fsp3) is 0.577. The van der Waals surface area contributed by atoms with Crippen LogP contribution in [0.4, 0.5) is 0 Å². The number of hydrogen-bond acceptors (Lipinski definition) is 4. The number of pyridine rings is 1. The summed E-state index contributed by atoms with van der Waals surface area (Å²) in [4.78, 5) is 6.83. The van der Waals surface area contributed by atoms with Crippen LogP contribution in [0, 0.1) is 5.41 Å². The monoisotopic (exact) mass is 408 g/mol. The molecule has 0 unspecified atom stereocenters. The Morgan fingerprint density at radius 3 is 2.23 bits per heavy atom. The molecule has 162 valence electrons. The van der Waals surface area contributed by atoms with Crippen LogP contribution in [0.25, 0.3) is 0 Å². The fourth-order valence-electron chi connectivity index (χ4n) is 5.63. The van der Waals surface area contributed by atoms with Crippen molar-refractivity contribution in [2.75, 3.05) is 20.1 Å². The molecule has 4 nitrogen and oxygen atoms in total. The highest BCUT2D eigenvalue weighted by Crippen LogP contribution is 2.50. The Kier molecular flexibility index (Phi) is 5.78. The molecule has 2 aliphatic rings. The largest absolute Gasteiger partial charge is 0.393 e. The minimum Gasteiger partial charge on any atom is -0.393 e. The summed E-state index contributed by atoms with van der Waals surface area (Å²) >= 11 is 0. The number of rotatable bonds is 5. The number of aromatic nitrogens is 1. The average molecular weight is 409 g/mol. The van der Waals surface area contributed by atoms with Gasteiger partial charge in [-0.1, -0.05) is 45.0 Å². The third kappa shape index (κ3) is 3.70. The molecule has 1 aromatic carbocycles. The molecule has 2 fully saturated rings. The third-order valence-corrected chi connectivity index (χ3v) is 7.45. The van der Waals surface area contributed by atoms with Crippen molar-refractivity contribution in [3.8, 4) is 0 Å². The zero-order valence-electron chi connectivity index (χ0n) is 18.8. The molecule has 4 rings (SSSR count). The van der Waals surface area contributed by atoms with Gasteiger partial charge in [-0.05, 0) is 67.3 Å². The second kappa shape index (κ2) is 8.07. The molecule has 0 spiro atoms. The van der Waals surface area contributed by atoms with E-state index in [9.17, 15) is 10.2 Å². The molecule has 1 aliphatic carbocycles. The van der Waals surface area contributed by atoms with Crippen LogP contribution in [0.15, 0.2) is 42.7 Å². The van der Waals surface area contributed by atoms with E-state index in [4.69, 9.17) is 0 Å². The van der Waals surface area contributed by atoms with Crippen molar-refractivity contribution < 1.29 is 10.2 Å². The minimum absolute atomic E-state index is 0.168. The summed E-state index contributed by atoms with van der Waals surface area (Å²) in [6.45, 7) is 8.26. The first-order valence-corrected chi connectivity index (χ1v) is 11.4. The second-order valence-corrected chi connectivity index (χ2v) is 10.2. The van der Waals surface area contributed by atoms with Gasteiger partial charge in [0.2, 0.25) is 0 Å². The lowest BCUT2D eigenvalue weighted by Gasteiger charge is -2.56. The van der Waals surface area contributed by atoms with Crippen LogP contribution in [0.5, 0.6) is 0 Å². The summed E-state index contributed by atoms with van der Waals surface area (Å²) in [7, 11) is 2.10. The van der Waals surface area contributed by atoms with E-state index in [-0.39, 0.29) is 11.5 Å². The molecule has 2 heterocycles. The van der Waals surface area contributed by atoms with Crippen LogP contribution in [0.1, 0.15) is 80.5 Å². The van der Waals surface area contributed by atoms with Crippen LogP contribution in [0.2, 0.25) is 0 Å². The van der Waals surface area contributed by atoms with E-state index in [0.29, 0.717) is 11.8 Å². The van der Waals surface area contributed by atoms with Gasteiger partial charge in [-0.25, -0.2) is 0 Å². The number of nitrogens with zero attached hydrogens (tertiary/aromatic N) is 2. The number of benzene rings is 1. The van der Waals surface area contributed by atoms with Gasteiger partial charge in [-0.15, -0.1) is 0 Å². The minimum atomic E-state index is -1.09. The van der Waals surface area contributed by atoms with E-state index in [1.165, 1.54) is 11.1 Å². The fourth-order valence-corrected chi connectivity index (χ4v) is 5.63. The highest BCUT2D eigenvalue weighted by Gasteiger charge is 2.55. The van der Waals surface area contributed by atoms with Gasteiger partial charge in [0.25, 0.3) is 0 Å². The Balaban J connectivity index is 1.74. The summed E-state index contributed by atoms with van der Waals surface area (Å²) in [5, 5.41) is 22.2. The molecule has 4 heteroatoms. The van der Waals surface area contributed by atoms with Crippen LogP contribution in [-0.2, 0) is 5.60 Å². The van der Waals surface area contributed by atoms with Crippen molar-refractivity contribution in [3.63, 3.8) is 0 Å². The van der Waals surface area contributed by atoms with Gasteiger partial charge >= 0.3 is 0 Å².